The molecule has 8 heteroatoms. The van der Waals surface area contributed by atoms with Crippen molar-refractivity contribution in [3.63, 3.8) is 0 Å². The van der Waals surface area contributed by atoms with E-state index in [0.717, 1.165) is 5.56 Å². The van der Waals surface area contributed by atoms with Crippen LogP contribution in [0.25, 0.3) is 11.1 Å². The molecule has 0 saturated carbocycles. The van der Waals surface area contributed by atoms with Gasteiger partial charge in [-0.2, -0.15) is 0 Å². The lowest BCUT2D eigenvalue weighted by atomic mass is 9.90. The fraction of sp³-hybridized carbons (Fsp3) is 0.200. The molecule has 1 aliphatic heterocycles. The minimum Gasteiger partial charge on any atom is -0.481 e. The van der Waals surface area contributed by atoms with Gasteiger partial charge in [0.2, 0.25) is 0 Å². The van der Waals surface area contributed by atoms with Gasteiger partial charge in [-0.1, -0.05) is 48.0 Å². The number of hydrogen-bond acceptors (Lipinski definition) is 4. The summed E-state index contributed by atoms with van der Waals surface area (Å²) in [7, 11) is 0. The predicted octanol–water partition coefficient (Wildman–Crippen LogP) is 5.30. The molecule has 4 rings (SSSR count). The van der Waals surface area contributed by atoms with E-state index in [0.29, 0.717) is 46.0 Å². The van der Waals surface area contributed by atoms with Crippen molar-refractivity contribution in [3.8, 4) is 16.9 Å². The second-order valence-corrected chi connectivity index (χ2v) is 8.02. The van der Waals surface area contributed by atoms with Gasteiger partial charge >= 0.3 is 12.1 Å². The molecule has 3 aromatic rings. The van der Waals surface area contributed by atoms with E-state index in [-0.39, 0.29) is 19.0 Å². The molecule has 0 aromatic heterocycles. The first-order valence-corrected chi connectivity index (χ1v) is 10.7. The zero-order valence-electron chi connectivity index (χ0n) is 17.6. The van der Waals surface area contributed by atoms with E-state index >= 15 is 0 Å². The Morgan fingerprint density at radius 1 is 1.03 bits per heavy atom. The molecule has 0 atom stereocenters. The number of fused-ring (bicyclic) bond motifs is 1. The molecule has 0 unspecified atom stereocenters. The number of amides is 1. The molecule has 0 radical (unpaired) electrons. The number of hydrogen-bond donors (Lipinski definition) is 1. The van der Waals surface area contributed by atoms with Crippen LogP contribution in [0.4, 0.5) is 9.18 Å². The molecule has 0 bridgehead atoms. The van der Waals surface area contributed by atoms with Crippen molar-refractivity contribution in [2.24, 2.45) is 0 Å². The zero-order valence-corrected chi connectivity index (χ0v) is 18.3. The average Bonchev–Trinajstić information content (AvgIpc) is 2.82. The Bertz CT molecular complexity index is 1180. The van der Waals surface area contributed by atoms with Gasteiger partial charge in [0.05, 0.1) is 0 Å². The number of carbonyl (C=O) groups excluding carboxylic acids is 1. The maximum Gasteiger partial charge on any atom is 0.410 e. The van der Waals surface area contributed by atoms with Gasteiger partial charge in [0.1, 0.15) is 18.2 Å². The molecule has 0 aliphatic carbocycles. The lowest BCUT2D eigenvalue weighted by Gasteiger charge is -2.30. The first kappa shape index (κ1) is 22.6. The molecule has 6 nitrogen and oxygen atoms in total. The van der Waals surface area contributed by atoms with Gasteiger partial charge in [-0.3, -0.25) is 0 Å². The van der Waals surface area contributed by atoms with Crippen molar-refractivity contribution in [2.45, 2.75) is 19.6 Å². The Morgan fingerprint density at radius 3 is 2.58 bits per heavy atom. The number of carboxylic acid groups (broad SMARTS) is 1. The smallest absolute Gasteiger partial charge is 0.410 e. The minimum atomic E-state index is -1.12. The fourth-order valence-corrected chi connectivity index (χ4v) is 4.00. The largest absolute Gasteiger partial charge is 0.481 e. The Kier molecular flexibility index (Phi) is 6.79. The standard InChI is InChI=1S/C25H21ClFNO5/c26-17-6-9-23(32-15-24(29)30)20(12-17)18-7-8-22(27)19-10-11-28(13-21(18)19)25(31)33-14-16-4-2-1-3-5-16/h1-9,12H,10-11,13-15H2,(H,29,30). The molecule has 1 N–H and O–H groups in total. The SMILES string of the molecule is O=C(O)COc1ccc(Cl)cc1-c1ccc(F)c2c1CN(C(=O)OCc1ccccc1)CC2. The highest BCUT2D eigenvalue weighted by Crippen LogP contribution is 2.38. The summed E-state index contributed by atoms with van der Waals surface area (Å²) in [5, 5.41) is 9.41. The van der Waals surface area contributed by atoms with Gasteiger partial charge in [-0.25, -0.2) is 14.0 Å². The molecule has 1 aliphatic rings. The van der Waals surface area contributed by atoms with Gasteiger partial charge in [0, 0.05) is 23.7 Å². The summed E-state index contributed by atoms with van der Waals surface area (Å²) in [6.07, 6.45) is -0.172. The summed E-state index contributed by atoms with van der Waals surface area (Å²) in [6, 6.07) is 17.1. The van der Waals surface area contributed by atoms with E-state index in [9.17, 15) is 14.0 Å². The molecular formula is C25H21ClFNO5. The van der Waals surface area contributed by atoms with Crippen molar-refractivity contribution < 1.29 is 28.6 Å². The molecule has 1 amide bonds. The lowest BCUT2D eigenvalue weighted by molar-refractivity contribution is -0.139. The molecule has 0 spiro atoms. The van der Waals surface area contributed by atoms with Gasteiger partial charge < -0.3 is 19.5 Å². The number of nitrogens with zero attached hydrogens (tertiary/aromatic N) is 1. The van der Waals surface area contributed by atoms with Gasteiger partial charge in [-0.05, 0) is 52.9 Å². The molecular weight excluding hydrogens is 449 g/mol. The Labute approximate surface area is 195 Å². The van der Waals surface area contributed by atoms with Gasteiger partial charge in [-0.15, -0.1) is 0 Å². The van der Waals surface area contributed by atoms with Crippen LogP contribution in [0.1, 0.15) is 16.7 Å². The molecule has 170 valence electrons. The van der Waals surface area contributed by atoms with Crippen LogP contribution in [-0.4, -0.2) is 35.2 Å². The maximum absolute atomic E-state index is 14.6. The monoisotopic (exact) mass is 469 g/mol. The highest BCUT2D eigenvalue weighted by Gasteiger charge is 2.27. The van der Waals surface area contributed by atoms with E-state index in [2.05, 4.69) is 0 Å². The first-order chi connectivity index (χ1) is 15.9. The molecule has 1 heterocycles. The van der Waals surface area contributed by atoms with Crippen molar-refractivity contribution in [2.75, 3.05) is 13.2 Å². The third-order valence-corrected chi connectivity index (χ3v) is 5.64. The summed E-state index contributed by atoms with van der Waals surface area (Å²) in [5.74, 6) is -1.18. The van der Waals surface area contributed by atoms with Crippen LogP contribution < -0.4 is 4.74 Å². The van der Waals surface area contributed by atoms with Gasteiger partial charge in [0.15, 0.2) is 6.61 Å². The van der Waals surface area contributed by atoms with Crippen LogP contribution in [0.15, 0.2) is 60.7 Å². The third kappa shape index (κ3) is 5.26. The number of carbonyl (C=O) groups is 2. The first-order valence-electron chi connectivity index (χ1n) is 10.3. The number of ether oxygens (including phenoxy) is 2. The highest BCUT2D eigenvalue weighted by atomic mass is 35.5. The van der Waals surface area contributed by atoms with Crippen molar-refractivity contribution in [1.82, 2.24) is 4.90 Å². The van der Waals surface area contributed by atoms with Crippen molar-refractivity contribution in [3.05, 3.63) is 88.2 Å². The molecule has 0 saturated heterocycles. The Morgan fingerprint density at radius 2 is 1.82 bits per heavy atom. The molecule has 3 aromatic carbocycles. The number of rotatable bonds is 6. The Balaban J connectivity index is 1.62. The van der Waals surface area contributed by atoms with Crippen LogP contribution in [0.2, 0.25) is 5.02 Å². The molecule has 33 heavy (non-hydrogen) atoms. The van der Waals surface area contributed by atoms with Crippen molar-refractivity contribution in [1.29, 1.82) is 0 Å². The van der Waals surface area contributed by atoms with E-state index in [4.69, 9.17) is 26.2 Å². The number of carboxylic acids is 1. The van der Waals surface area contributed by atoms with E-state index in [1.807, 2.05) is 30.3 Å². The molecule has 0 fully saturated rings. The average molecular weight is 470 g/mol. The van der Waals surface area contributed by atoms with Crippen LogP contribution in [-0.2, 0) is 29.1 Å². The van der Waals surface area contributed by atoms with E-state index < -0.39 is 18.7 Å². The van der Waals surface area contributed by atoms with Crippen LogP contribution in [0.5, 0.6) is 5.75 Å². The van der Waals surface area contributed by atoms with E-state index in [1.54, 1.807) is 24.3 Å². The lowest BCUT2D eigenvalue weighted by Crippen LogP contribution is -2.37. The Hall–Kier alpha value is -3.58. The summed E-state index contributed by atoms with van der Waals surface area (Å²) in [5.41, 5.74) is 3.13. The third-order valence-electron chi connectivity index (χ3n) is 5.40. The number of aliphatic carboxylic acids is 1. The summed E-state index contributed by atoms with van der Waals surface area (Å²) in [4.78, 5) is 25.2. The summed E-state index contributed by atoms with van der Waals surface area (Å²) in [6.45, 7) is 0.0658. The maximum atomic E-state index is 14.6. The van der Waals surface area contributed by atoms with Gasteiger partial charge in [0.25, 0.3) is 0 Å². The fourth-order valence-electron chi connectivity index (χ4n) is 3.83. The minimum absolute atomic E-state index is 0.139. The van der Waals surface area contributed by atoms with Crippen LogP contribution in [0, 0.1) is 5.82 Å². The summed E-state index contributed by atoms with van der Waals surface area (Å²) >= 11 is 6.19. The van der Waals surface area contributed by atoms with E-state index in [1.165, 1.54) is 11.0 Å². The zero-order chi connectivity index (χ0) is 23.4. The van der Waals surface area contributed by atoms with Crippen LogP contribution in [0.3, 0.4) is 0 Å². The quantitative estimate of drug-likeness (QED) is 0.530. The summed E-state index contributed by atoms with van der Waals surface area (Å²) < 4.78 is 25.5. The normalized spacial score (nSPS) is 12.7. The number of halogens is 2. The van der Waals surface area contributed by atoms with Crippen LogP contribution >= 0.6 is 11.6 Å². The second kappa shape index (κ2) is 9.92. The number of benzene rings is 3. The predicted molar refractivity (Wildman–Crippen MR) is 121 cm³/mol. The topological polar surface area (TPSA) is 76.1 Å². The van der Waals surface area contributed by atoms with Crippen molar-refractivity contribution >= 4 is 23.7 Å². The highest BCUT2D eigenvalue weighted by molar-refractivity contribution is 6.31. The second-order valence-electron chi connectivity index (χ2n) is 7.59.